The first-order chi connectivity index (χ1) is 11.1. The van der Waals surface area contributed by atoms with E-state index in [1.807, 2.05) is 48.5 Å². The molecule has 0 saturated carbocycles. The van der Waals surface area contributed by atoms with Crippen molar-refractivity contribution in [1.82, 2.24) is 0 Å². The summed E-state index contributed by atoms with van der Waals surface area (Å²) in [5, 5.41) is 0. The topological polar surface area (TPSA) is 60.8 Å². The second-order valence-electron chi connectivity index (χ2n) is 5.04. The van der Waals surface area contributed by atoms with E-state index in [0.717, 1.165) is 15.8 Å². The summed E-state index contributed by atoms with van der Waals surface area (Å²) in [6, 6.07) is 25.4. The molecule has 0 atom stereocenters. The van der Waals surface area contributed by atoms with Crippen molar-refractivity contribution in [3.05, 3.63) is 84.9 Å². The van der Waals surface area contributed by atoms with Gasteiger partial charge in [0.1, 0.15) is 0 Å². The molecule has 5 heteroatoms. The minimum Gasteiger partial charge on any atom is -0.308 e. The van der Waals surface area contributed by atoms with Crippen LogP contribution in [0.3, 0.4) is 0 Å². The highest BCUT2D eigenvalue weighted by Crippen LogP contribution is 2.51. The summed E-state index contributed by atoms with van der Waals surface area (Å²) < 4.78 is 13.2. The largest absolute Gasteiger partial charge is 0.434 e. The summed E-state index contributed by atoms with van der Waals surface area (Å²) in [4.78, 5) is 19.8. The van der Waals surface area contributed by atoms with Crippen LogP contribution in [-0.2, 0) is 4.57 Å². The molecular formula is C18H16NO3P. The maximum atomic E-state index is 12.1. The second-order valence-corrected chi connectivity index (χ2v) is 6.47. The second kappa shape index (κ2) is 6.39. The summed E-state index contributed by atoms with van der Waals surface area (Å²) in [6.45, 7) is 0. The van der Waals surface area contributed by atoms with E-state index in [1.165, 1.54) is 0 Å². The number of hydrogen-bond donors (Lipinski definition) is 2. The van der Waals surface area contributed by atoms with Crippen molar-refractivity contribution in [3.63, 3.8) is 0 Å². The molecule has 0 fully saturated rings. The van der Waals surface area contributed by atoms with E-state index in [9.17, 15) is 14.4 Å². The number of para-hydroxylation sites is 2. The standard InChI is InChI=1S/C18H16NO3P/c20-23(21,22)19(16-11-5-2-6-12-16)18-14-8-7-13-17(18)15-9-3-1-4-10-15/h1-14H,(H2,20,21,22). The highest BCUT2D eigenvalue weighted by Gasteiger charge is 2.29. The third kappa shape index (κ3) is 3.35. The predicted octanol–water partition coefficient (Wildman–Crippen LogP) is 4.58. The lowest BCUT2D eigenvalue weighted by molar-refractivity contribution is 0.373. The molecule has 0 aliphatic heterocycles. The molecule has 0 spiro atoms. The summed E-state index contributed by atoms with van der Waals surface area (Å²) in [6.07, 6.45) is 0. The maximum Gasteiger partial charge on any atom is 0.434 e. The minimum absolute atomic E-state index is 0.448. The van der Waals surface area contributed by atoms with Crippen molar-refractivity contribution in [3.8, 4) is 11.1 Å². The Morgan fingerprint density at radius 2 is 1.22 bits per heavy atom. The third-order valence-corrected chi connectivity index (χ3v) is 4.45. The van der Waals surface area contributed by atoms with E-state index in [1.54, 1.807) is 36.4 Å². The van der Waals surface area contributed by atoms with Crippen LogP contribution in [0.2, 0.25) is 0 Å². The first-order valence-corrected chi connectivity index (χ1v) is 8.69. The Bertz CT molecular complexity index is 831. The summed E-state index contributed by atoms with van der Waals surface area (Å²) in [5.74, 6) is 0. The zero-order valence-electron chi connectivity index (χ0n) is 12.3. The molecule has 2 N–H and O–H groups in total. The van der Waals surface area contributed by atoms with E-state index in [4.69, 9.17) is 0 Å². The van der Waals surface area contributed by atoms with Gasteiger partial charge in [-0.1, -0.05) is 66.7 Å². The minimum atomic E-state index is -4.53. The van der Waals surface area contributed by atoms with Crippen LogP contribution in [0.1, 0.15) is 0 Å². The van der Waals surface area contributed by atoms with Crippen molar-refractivity contribution in [2.24, 2.45) is 0 Å². The predicted molar refractivity (Wildman–Crippen MR) is 92.5 cm³/mol. The average Bonchev–Trinajstić information content (AvgIpc) is 2.56. The van der Waals surface area contributed by atoms with Gasteiger partial charge in [-0.25, -0.2) is 9.24 Å². The first kappa shape index (κ1) is 15.5. The molecule has 3 aromatic rings. The average molecular weight is 325 g/mol. The number of anilines is 2. The Labute approximate surface area is 134 Å². The molecule has 0 aliphatic carbocycles. The van der Waals surface area contributed by atoms with E-state index in [2.05, 4.69) is 0 Å². The molecule has 0 aromatic heterocycles. The van der Waals surface area contributed by atoms with E-state index in [0.29, 0.717) is 11.4 Å². The molecule has 0 amide bonds. The molecule has 3 rings (SSSR count). The van der Waals surface area contributed by atoms with Gasteiger partial charge in [-0.15, -0.1) is 0 Å². The van der Waals surface area contributed by atoms with E-state index < -0.39 is 7.75 Å². The number of benzene rings is 3. The van der Waals surface area contributed by atoms with Gasteiger partial charge >= 0.3 is 7.75 Å². The Morgan fingerprint density at radius 3 is 1.83 bits per heavy atom. The van der Waals surface area contributed by atoms with Gasteiger partial charge in [0.2, 0.25) is 0 Å². The molecular weight excluding hydrogens is 309 g/mol. The van der Waals surface area contributed by atoms with E-state index >= 15 is 0 Å². The van der Waals surface area contributed by atoms with Gasteiger partial charge in [0.05, 0.1) is 11.4 Å². The summed E-state index contributed by atoms with van der Waals surface area (Å²) in [5.41, 5.74) is 2.58. The van der Waals surface area contributed by atoms with Gasteiger partial charge in [-0.05, 0) is 23.8 Å². The van der Waals surface area contributed by atoms with Gasteiger partial charge < -0.3 is 9.79 Å². The molecule has 116 valence electrons. The lowest BCUT2D eigenvalue weighted by Gasteiger charge is -2.27. The molecule has 23 heavy (non-hydrogen) atoms. The van der Waals surface area contributed by atoms with Gasteiger partial charge in [0.15, 0.2) is 0 Å². The van der Waals surface area contributed by atoms with E-state index in [-0.39, 0.29) is 0 Å². The zero-order valence-corrected chi connectivity index (χ0v) is 13.2. The number of nitrogens with zero attached hydrogens (tertiary/aromatic N) is 1. The van der Waals surface area contributed by atoms with Gasteiger partial charge in [0, 0.05) is 5.56 Å². The highest BCUT2D eigenvalue weighted by atomic mass is 31.2. The van der Waals surface area contributed by atoms with Crippen molar-refractivity contribution in [2.45, 2.75) is 0 Å². The van der Waals surface area contributed by atoms with Crippen LogP contribution in [0.15, 0.2) is 84.9 Å². The maximum absolute atomic E-state index is 12.1. The Balaban J connectivity index is 2.21. The fourth-order valence-corrected chi connectivity index (χ4v) is 3.41. The third-order valence-electron chi connectivity index (χ3n) is 3.48. The van der Waals surface area contributed by atoms with Crippen LogP contribution in [0.5, 0.6) is 0 Å². The fraction of sp³-hybridized carbons (Fsp3) is 0. The molecule has 4 nitrogen and oxygen atoms in total. The van der Waals surface area contributed by atoms with Crippen LogP contribution in [0.4, 0.5) is 11.4 Å². The summed E-state index contributed by atoms with van der Waals surface area (Å²) >= 11 is 0. The normalized spacial score (nSPS) is 11.2. The van der Waals surface area contributed by atoms with Crippen molar-refractivity contribution in [1.29, 1.82) is 0 Å². The smallest absolute Gasteiger partial charge is 0.308 e. The number of rotatable bonds is 4. The molecule has 0 bridgehead atoms. The Kier molecular flexibility index (Phi) is 4.30. The molecule has 0 unspecified atom stereocenters. The Morgan fingerprint density at radius 1 is 0.696 bits per heavy atom. The lowest BCUT2D eigenvalue weighted by Crippen LogP contribution is -2.13. The molecule has 3 aromatic carbocycles. The quantitative estimate of drug-likeness (QED) is 0.689. The zero-order chi connectivity index (χ0) is 16.3. The van der Waals surface area contributed by atoms with Crippen molar-refractivity contribution < 1.29 is 14.4 Å². The molecule has 0 saturated heterocycles. The van der Waals surface area contributed by atoms with Crippen molar-refractivity contribution >= 4 is 19.1 Å². The Hall–Kier alpha value is -2.39. The SMILES string of the molecule is O=P(O)(O)N(c1ccccc1)c1ccccc1-c1ccccc1. The first-order valence-electron chi connectivity index (χ1n) is 7.13. The van der Waals surface area contributed by atoms with Gasteiger partial charge in [-0.2, -0.15) is 0 Å². The van der Waals surface area contributed by atoms with Gasteiger partial charge in [-0.3, -0.25) is 0 Å². The van der Waals surface area contributed by atoms with Gasteiger partial charge in [0.25, 0.3) is 0 Å². The van der Waals surface area contributed by atoms with Crippen LogP contribution in [0, 0.1) is 0 Å². The number of hydrogen-bond acceptors (Lipinski definition) is 1. The van der Waals surface area contributed by atoms with Crippen LogP contribution in [0.25, 0.3) is 11.1 Å². The fourth-order valence-electron chi connectivity index (χ4n) is 2.52. The highest BCUT2D eigenvalue weighted by molar-refractivity contribution is 7.54. The van der Waals surface area contributed by atoms with Crippen LogP contribution < -0.4 is 4.67 Å². The monoisotopic (exact) mass is 325 g/mol. The molecule has 0 radical (unpaired) electrons. The van der Waals surface area contributed by atoms with Crippen LogP contribution >= 0.6 is 7.75 Å². The molecule has 0 heterocycles. The van der Waals surface area contributed by atoms with Crippen LogP contribution in [-0.4, -0.2) is 9.79 Å². The molecule has 0 aliphatic rings. The van der Waals surface area contributed by atoms with Crippen molar-refractivity contribution in [2.75, 3.05) is 4.67 Å². The lowest BCUT2D eigenvalue weighted by atomic mass is 10.0. The summed E-state index contributed by atoms with van der Waals surface area (Å²) in [7, 11) is -4.53.